The van der Waals surface area contributed by atoms with E-state index in [4.69, 9.17) is 0 Å². The van der Waals surface area contributed by atoms with E-state index >= 15 is 0 Å². The molecular formula is C26H25NOS. The van der Waals surface area contributed by atoms with Crippen molar-refractivity contribution in [1.29, 1.82) is 0 Å². The normalized spacial score (nSPS) is 19.6. The summed E-state index contributed by atoms with van der Waals surface area (Å²) in [7, 11) is 0. The van der Waals surface area contributed by atoms with Gasteiger partial charge in [0.1, 0.15) is 0 Å². The van der Waals surface area contributed by atoms with Crippen molar-refractivity contribution in [2.24, 2.45) is 0 Å². The zero-order valence-corrected chi connectivity index (χ0v) is 17.4. The van der Waals surface area contributed by atoms with Crippen LogP contribution in [0.5, 0.6) is 0 Å². The number of hydrogen-bond donors (Lipinski definition) is 0. The van der Waals surface area contributed by atoms with Crippen molar-refractivity contribution in [3.05, 3.63) is 113 Å². The summed E-state index contributed by atoms with van der Waals surface area (Å²) in [6, 6.07) is 30.5. The summed E-state index contributed by atoms with van der Waals surface area (Å²) >= 11 is 1.78. The van der Waals surface area contributed by atoms with Crippen molar-refractivity contribution < 1.29 is 4.79 Å². The zero-order valence-electron chi connectivity index (χ0n) is 16.6. The SMILES string of the molecule is C[C@H]1C=C(Sc2ccccc2)C[C@@H](C(=O)c2ccccc2)N1Cc1ccccc1. The number of rotatable bonds is 6. The van der Waals surface area contributed by atoms with Gasteiger partial charge in [-0.3, -0.25) is 9.69 Å². The number of carbonyl (C=O) groups excluding carboxylic acids is 1. The van der Waals surface area contributed by atoms with Crippen LogP contribution in [0.1, 0.15) is 29.3 Å². The molecule has 4 rings (SSSR count). The fraction of sp³-hybridized carbons (Fsp3) is 0.192. The van der Waals surface area contributed by atoms with Crippen molar-refractivity contribution >= 4 is 17.5 Å². The van der Waals surface area contributed by atoms with Crippen molar-refractivity contribution in [2.75, 3.05) is 0 Å². The van der Waals surface area contributed by atoms with Gasteiger partial charge in [0, 0.05) is 29.5 Å². The van der Waals surface area contributed by atoms with E-state index in [1.165, 1.54) is 15.4 Å². The van der Waals surface area contributed by atoms with Crippen LogP contribution in [0.3, 0.4) is 0 Å². The Bertz CT molecular complexity index is 969. The minimum Gasteiger partial charge on any atom is -0.292 e. The largest absolute Gasteiger partial charge is 0.292 e. The minimum absolute atomic E-state index is 0.163. The molecule has 0 spiro atoms. The van der Waals surface area contributed by atoms with Crippen LogP contribution in [0.15, 0.2) is 107 Å². The first kappa shape index (κ1) is 19.7. The van der Waals surface area contributed by atoms with Gasteiger partial charge in [0.2, 0.25) is 0 Å². The second-order valence-electron chi connectivity index (χ2n) is 7.40. The summed E-state index contributed by atoms with van der Waals surface area (Å²) in [5, 5.41) is 0. The second-order valence-corrected chi connectivity index (χ2v) is 8.60. The summed E-state index contributed by atoms with van der Waals surface area (Å²) in [4.78, 5) is 18.3. The molecule has 0 aromatic heterocycles. The van der Waals surface area contributed by atoms with Crippen molar-refractivity contribution in [2.45, 2.75) is 36.9 Å². The second kappa shape index (κ2) is 9.25. The predicted molar refractivity (Wildman–Crippen MR) is 121 cm³/mol. The Kier molecular flexibility index (Phi) is 6.28. The maximum absolute atomic E-state index is 13.5. The van der Waals surface area contributed by atoms with Gasteiger partial charge in [0.25, 0.3) is 0 Å². The summed E-state index contributed by atoms with van der Waals surface area (Å²) < 4.78 is 0. The summed E-state index contributed by atoms with van der Waals surface area (Å²) in [5.41, 5.74) is 2.02. The Morgan fingerprint density at radius 3 is 2.14 bits per heavy atom. The minimum atomic E-state index is -0.163. The molecule has 3 aromatic rings. The maximum Gasteiger partial charge on any atom is 0.180 e. The van der Waals surface area contributed by atoms with Gasteiger partial charge in [-0.2, -0.15) is 0 Å². The molecular weight excluding hydrogens is 374 g/mol. The highest BCUT2D eigenvalue weighted by Gasteiger charge is 2.34. The lowest BCUT2D eigenvalue weighted by atomic mass is 9.94. The molecule has 29 heavy (non-hydrogen) atoms. The first-order chi connectivity index (χ1) is 14.2. The van der Waals surface area contributed by atoms with Gasteiger partial charge in [-0.15, -0.1) is 0 Å². The standard InChI is InChI=1S/C26H25NOS/c1-20-17-24(29-23-15-9-4-10-16-23)18-25(26(28)22-13-7-3-8-14-22)27(20)19-21-11-5-2-6-12-21/h2-17,20,25H,18-19H2,1H3/t20-,25-/m0/s1. The summed E-state index contributed by atoms with van der Waals surface area (Å²) in [6.45, 7) is 2.96. The van der Waals surface area contributed by atoms with E-state index in [1.54, 1.807) is 11.8 Å². The molecule has 0 fully saturated rings. The topological polar surface area (TPSA) is 20.3 Å². The Balaban J connectivity index is 1.63. The monoisotopic (exact) mass is 399 g/mol. The quantitative estimate of drug-likeness (QED) is 0.460. The third kappa shape index (κ3) is 4.87. The summed E-state index contributed by atoms with van der Waals surface area (Å²) in [5.74, 6) is 0.202. The van der Waals surface area contributed by atoms with Crippen LogP contribution in [-0.2, 0) is 6.54 Å². The van der Waals surface area contributed by atoms with Crippen LogP contribution in [0.25, 0.3) is 0 Å². The zero-order chi connectivity index (χ0) is 20.1. The first-order valence-corrected chi connectivity index (χ1v) is 10.8. The summed E-state index contributed by atoms with van der Waals surface area (Å²) in [6.07, 6.45) is 3.06. The smallest absolute Gasteiger partial charge is 0.180 e. The molecule has 1 aliphatic rings. The van der Waals surface area contributed by atoms with Gasteiger partial charge in [0.05, 0.1) is 6.04 Å². The van der Waals surface area contributed by atoms with E-state index in [0.717, 1.165) is 18.5 Å². The molecule has 3 aromatic carbocycles. The van der Waals surface area contributed by atoms with Crippen LogP contribution >= 0.6 is 11.8 Å². The van der Waals surface area contributed by atoms with Crippen molar-refractivity contribution in [3.63, 3.8) is 0 Å². The Labute approximate surface area is 177 Å². The third-order valence-corrected chi connectivity index (χ3v) is 6.38. The van der Waals surface area contributed by atoms with Gasteiger partial charge in [0.15, 0.2) is 5.78 Å². The van der Waals surface area contributed by atoms with E-state index in [9.17, 15) is 4.79 Å². The van der Waals surface area contributed by atoms with E-state index < -0.39 is 0 Å². The average Bonchev–Trinajstić information content (AvgIpc) is 2.77. The van der Waals surface area contributed by atoms with Crippen molar-refractivity contribution in [3.8, 4) is 0 Å². The third-order valence-electron chi connectivity index (χ3n) is 5.31. The number of Topliss-reactive ketones (excluding diaryl/α,β-unsaturated/α-hetero) is 1. The lowest BCUT2D eigenvalue weighted by Gasteiger charge is -2.39. The Morgan fingerprint density at radius 2 is 1.48 bits per heavy atom. The molecule has 0 radical (unpaired) electrons. The molecule has 2 nitrogen and oxygen atoms in total. The van der Waals surface area contributed by atoms with E-state index in [-0.39, 0.29) is 17.9 Å². The molecule has 0 saturated heterocycles. The molecule has 2 atom stereocenters. The van der Waals surface area contributed by atoms with Crippen molar-refractivity contribution in [1.82, 2.24) is 4.90 Å². The number of carbonyl (C=O) groups is 1. The fourth-order valence-corrected chi connectivity index (χ4v) is 4.93. The highest BCUT2D eigenvalue weighted by atomic mass is 32.2. The van der Waals surface area contributed by atoms with Gasteiger partial charge in [-0.05, 0) is 29.5 Å². The Morgan fingerprint density at radius 1 is 0.897 bits per heavy atom. The molecule has 0 aliphatic carbocycles. The lowest BCUT2D eigenvalue weighted by molar-refractivity contribution is 0.0750. The highest BCUT2D eigenvalue weighted by molar-refractivity contribution is 8.03. The van der Waals surface area contributed by atoms with Crippen LogP contribution in [0.4, 0.5) is 0 Å². The molecule has 0 amide bonds. The number of thioether (sulfide) groups is 1. The Hall–Kier alpha value is -2.62. The molecule has 146 valence electrons. The molecule has 0 N–H and O–H groups in total. The predicted octanol–water partition coefficient (Wildman–Crippen LogP) is 6.21. The maximum atomic E-state index is 13.5. The van der Waals surface area contributed by atoms with Crippen LogP contribution < -0.4 is 0 Å². The van der Waals surface area contributed by atoms with E-state index in [0.29, 0.717) is 0 Å². The highest BCUT2D eigenvalue weighted by Crippen LogP contribution is 2.36. The van der Waals surface area contributed by atoms with E-state index in [2.05, 4.69) is 66.4 Å². The molecule has 1 aliphatic heterocycles. The van der Waals surface area contributed by atoms with E-state index in [1.807, 2.05) is 42.5 Å². The molecule has 1 heterocycles. The lowest BCUT2D eigenvalue weighted by Crippen LogP contribution is -2.47. The number of benzene rings is 3. The molecule has 0 unspecified atom stereocenters. The number of nitrogens with zero attached hydrogens (tertiary/aromatic N) is 1. The molecule has 3 heteroatoms. The van der Waals surface area contributed by atoms with Gasteiger partial charge in [-0.1, -0.05) is 96.7 Å². The fourth-order valence-electron chi connectivity index (χ4n) is 3.83. The van der Waals surface area contributed by atoms with Crippen LogP contribution in [-0.4, -0.2) is 22.8 Å². The van der Waals surface area contributed by atoms with Gasteiger partial charge in [-0.25, -0.2) is 0 Å². The number of ketones is 1. The van der Waals surface area contributed by atoms with Gasteiger partial charge < -0.3 is 0 Å². The number of hydrogen-bond acceptors (Lipinski definition) is 3. The average molecular weight is 400 g/mol. The van der Waals surface area contributed by atoms with Crippen LogP contribution in [0.2, 0.25) is 0 Å². The molecule has 0 saturated carbocycles. The van der Waals surface area contributed by atoms with Gasteiger partial charge >= 0.3 is 0 Å². The first-order valence-electron chi connectivity index (χ1n) is 10.0. The van der Waals surface area contributed by atoms with Crippen LogP contribution in [0, 0.1) is 0 Å². The molecule has 0 bridgehead atoms.